The molecule has 1 unspecified atom stereocenters. The lowest BCUT2D eigenvalue weighted by Crippen LogP contribution is -2.40. The zero-order valence-corrected chi connectivity index (χ0v) is 8.46. The first kappa shape index (κ1) is 10.7. The van der Waals surface area contributed by atoms with E-state index in [0.29, 0.717) is 18.6 Å². The summed E-state index contributed by atoms with van der Waals surface area (Å²) < 4.78 is 0. The third-order valence-corrected chi connectivity index (χ3v) is 2.16. The van der Waals surface area contributed by atoms with Gasteiger partial charge in [-0.3, -0.25) is 9.59 Å². The van der Waals surface area contributed by atoms with Crippen LogP contribution in [0.2, 0.25) is 0 Å². The smallest absolute Gasteiger partial charge is 0.267 e. The molecule has 0 spiro atoms. The average molecular weight is 197 g/mol. The standard InChI is InChI=1S/C9H15N3O2/c1-3-6(2)10-9(14)7-4-5-8(13)12-11-7/h6H,3-5H2,1-2H3,(H,10,14)(H,12,13). The number of hydrogen-bond donors (Lipinski definition) is 2. The van der Waals surface area contributed by atoms with Crippen LogP contribution in [0.4, 0.5) is 0 Å². The van der Waals surface area contributed by atoms with Crippen LogP contribution in [0.1, 0.15) is 33.1 Å². The summed E-state index contributed by atoms with van der Waals surface area (Å²) in [6, 6.07) is 0.142. The molecular weight excluding hydrogens is 182 g/mol. The number of hydrogen-bond acceptors (Lipinski definition) is 3. The first-order valence-corrected chi connectivity index (χ1v) is 4.79. The summed E-state index contributed by atoms with van der Waals surface area (Å²) in [6.45, 7) is 3.93. The maximum atomic E-state index is 11.5. The number of nitrogens with zero attached hydrogens (tertiary/aromatic N) is 1. The molecule has 1 heterocycles. The third kappa shape index (κ3) is 2.83. The first-order valence-electron chi connectivity index (χ1n) is 4.79. The van der Waals surface area contributed by atoms with E-state index in [2.05, 4.69) is 15.8 Å². The minimum absolute atomic E-state index is 0.134. The molecule has 0 saturated carbocycles. The van der Waals surface area contributed by atoms with Gasteiger partial charge in [0.05, 0.1) is 0 Å². The number of carbonyl (C=O) groups excluding carboxylic acids is 2. The zero-order chi connectivity index (χ0) is 10.6. The van der Waals surface area contributed by atoms with Crippen LogP contribution in [-0.2, 0) is 9.59 Å². The fourth-order valence-corrected chi connectivity index (χ4v) is 1.05. The van der Waals surface area contributed by atoms with Gasteiger partial charge in [-0.15, -0.1) is 0 Å². The SMILES string of the molecule is CCC(C)NC(=O)C1=NNC(=O)CC1. The minimum Gasteiger partial charge on any atom is -0.348 e. The number of amides is 2. The molecule has 78 valence electrons. The maximum absolute atomic E-state index is 11.5. The van der Waals surface area contributed by atoms with E-state index in [4.69, 9.17) is 0 Å². The van der Waals surface area contributed by atoms with Crippen LogP contribution in [0.3, 0.4) is 0 Å². The van der Waals surface area contributed by atoms with Crippen LogP contribution >= 0.6 is 0 Å². The molecule has 14 heavy (non-hydrogen) atoms. The predicted molar refractivity (Wildman–Crippen MR) is 52.7 cm³/mol. The molecule has 0 bridgehead atoms. The van der Waals surface area contributed by atoms with Crippen LogP contribution < -0.4 is 10.7 Å². The van der Waals surface area contributed by atoms with Crippen molar-refractivity contribution in [1.82, 2.24) is 10.7 Å². The van der Waals surface area contributed by atoms with E-state index < -0.39 is 0 Å². The number of carbonyl (C=O) groups is 2. The zero-order valence-electron chi connectivity index (χ0n) is 8.46. The molecule has 1 atom stereocenters. The predicted octanol–water partition coefficient (Wildman–Crippen LogP) is 0.167. The van der Waals surface area contributed by atoms with Crippen LogP contribution in [-0.4, -0.2) is 23.6 Å². The van der Waals surface area contributed by atoms with Gasteiger partial charge in [0, 0.05) is 18.9 Å². The van der Waals surface area contributed by atoms with Crippen LogP contribution in [0.15, 0.2) is 5.10 Å². The number of hydrazone groups is 1. The summed E-state index contributed by atoms with van der Waals surface area (Å²) >= 11 is 0. The second-order valence-electron chi connectivity index (χ2n) is 3.38. The van der Waals surface area contributed by atoms with Crippen molar-refractivity contribution in [3.63, 3.8) is 0 Å². The van der Waals surface area contributed by atoms with Gasteiger partial charge in [0.1, 0.15) is 5.71 Å². The molecule has 1 aliphatic heterocycles. The van der Waals surface area contributed by atoms with Crippen molar-refractivity contribution in [2.24, 2.45) is 5.10 Å². The Morgan fingerprint density at radius 1 is 1.64 bits per heavy atom. The highest BCUT2D eigenvalue weighted by atomic mass is 16.2. The Bertz CT molecular complexity index is 273. The van der Waals surface area contributed by atoms with Crippen molar-refractivity contribution in [2.75, 3.05) is 0 Å². The lowest BCUT2D eigenvalue weighted by atomic mass is 10.1. The van der Waals surface area contributed by atoms with Crippen LogP contribution in [0.25, 0.3) is 0 Å². The van der Waals surface area contributed by atoms with Gasteiger partial charge < -0.3 is 5.32 Å². The molecule has 5 nitrogen and oxygen atoms in total. The Morgan fingerprint density at radius 3 is 2.86 bits per heavy atom. The monoisotopic (exact) mass is 197 g/mol. The van der Waals surface area contributed by atoms with Crippen molar-refractivity contribution >= 4 is 17.5 Å². The lowest BCUT2D eigenvalue weighted by Gasteiger charge is -2.15. The molecule has 0 aromatic rings. The Balaban J connectivity index is 2.49. The highest BCUT2D eigenvalue weighted by Crippen LogP contribution is 2.00. The molecule has 1 rings (SSSR count). The minimum atomic E-state index is -0.181. The van der Waals surface area contributed by atoms with E-state index in [1.165, 1.54) is 0 Å². The van der Waals surface area contributed by atoms with E-state index in [1.807, 2.05) is 13.8 Å². The largest absolute Gasteiger partial charge is 0.348 e. The summed E-state index contributed by atoms with van der Waals surface area (Å²) in [5.41, 5.74) is 2.70. The quantitative estimate of drug-likeness (QED) is 0.677. The molecule has 5 heteroatoms. The van der Waals surface area contributed by atoms with Gasteiger partial charge in [0.25, 0.3) is 5.91 Å². The Hall–Kier alpha value is -1.39. The Kier molecular flexibility index (Phi) is 3.62. The van der Waals surface area contributed by atoms with Gasteiger partial charge >= 0.3 is 0 Å². The topological polar surface area (TPSA) is 70.6 Å². The van der Waals surface area contributed by atoms with E-state index in [1.54, 1.807) is 0 Å². The van der Waals surface area contributed by atoms with Crippen LogP contribution in [0.5, 0.6) is 0 Å². The molecule has 0 fully saturated rings. The number of nitrogens with one attached hydrogen (secondary N) is 2. The molecule has 0 aliphatic carbocycles. The molecule has 2 N–H and O–H groups in total. The van der Waals surface area contributed by atoms with Gasteiger partial charge in [-0.1, -0.05) is 6.92 Å². The van der Waals surface area contributed by atoms with Gasteiger partial charge in [-0.05, 0) is 13.3 Å². The van der Waals surface area contributed by atoms with Crippen molar-refractivity contribution in [2.45, 2.75) is 39.2 Å². The van der Waals surface area contributed by atoms with Crippen molar-refractivity contribution in [3.05, 3.63) is 0 Å². The summed E-state index contributed by atoms with van der Waals surface area (Å²) in [7, 11) is 0. The summed E-state index contributed by atoms with van der Waals surface area (Å²) in [5, 5.41) is 6.50. The maximum Gasteiger partial charge on any atom is 0.267 e. The average Bonchev–Trinajstić information content (AvgIpc) is 2.18. The van der Waals surface area contributed by atoms with Crippen molar-refractivity contribution in [1.29, 1.82) is 0 Å². The fraction of sp³-hybridized carbons (Fsp3) is 0.667. The molecule has 0 aromatic heterocycles. The van der Waals surface area contributed by atoms with Gasteiger partial charge in [-0.2, -0.15) is 5.10 Å². The van der Waals surface area contributed by atoms with Crippen LogP contribution in [0, 0.1) is 0 Å². The van der Waals surface area contributed by atoms with E-state index in [-0.39, 0.29) is 17.9 Å². The summed E-state index contributed by atoms with van der Waals surface area (Å²) in [6.07, 6.45) is 1.65. The molecule has 0 radical (unpaired) electrons. The summed E-state index contributed by atoms with van der Waals surface area (Å²) in [4.78, 5) is 22.2. The Morgan fingerprint density at radius 2 is 2.36 bits per heavy atom. The summed E-state index contributed by atoms with van der Waals surface area (Å²) in [5.74, 6) is -0.315. The second kappa shape index (κ2) is 4.74. The highest BCUT2D eigenvalue weighted by molar-refractivity contribution is 6.39. The van der Waals surface area contributed by atoms with Crippen molar-refractivity contribution < 1.29 is 9.59 Å². The van der Waals surface area contributed by atoms with Gasteiger partial charge in [-0.25, -0.2) is 5.43 Å². The molecule has 1 aliphatic rings. The molecular formula is C9H15N3O2. The van der Waals surface area contributed by atoms with E-state index in [9.17, 15) is 9.59 Å². The second-order valence-corrected chi connectivity index (χ2v) is 3.38. The van der Waals surface area contributed by atoms with E-state index >= 15 is 0 Å². The first-order chi connectivity index (χ1) is 6.63. The Labute approximate surface area is 82.9 Å². The fourth-order valence-electron chi connectivity index (χ4n) is 1.05. The number of rotatable bonds is 3. The highest BCUT2D eigenvalue weighted by Gasteiger charge is 2.18. The van der Waals surface area contributed by atoms with Crippen molar-refractivity contribution in [3.8, 4) is 0 Å². The van der Waals surface area contributed by atoms with E-state index in [0.717, 1.165) is 6.42 Å². The third-order valence-electron chi connectivity index (χ3n) is 2.16. The lowest BCUT2D eigenvalue weighted by molar-refractivity contribution is -0.121. The van der Waals surface area contributed by atoms with Gasteiger partial charge in [0.15, 0.2) is 0 Å². The van der Waals surface area contributed by atoms with Gasteiger partial charge in [0.2, 0.25) is 5.91 Å². The molecule has 0 aromatic carbocycles. The molecule has 2 amide bonds. The normalized spacial score (nSPS) is 18.1. The molecule has 0 saturated heterocycles.